The molecule has 0 aliphatic carbocycles. The summed E-state index contributed by atoms with van der Waals surface area (Å²) < 4.78 is 32.5. The number of ether oxygens (including phenoxy) is 1. The van der Waals surface area contributed by atoms with Crippen LogP contribution in [0.4, 0.5) is 0 Å². The van der Waals surface area contributed by atoms with Gasteiger partial charge in [-0.3, -0.25) is 4.79 Å². The molecule has 0 aliphatic heterocycles. The highest BCUT2D eigenvalue weighted by Crippen LogP contribution is 2.17. The standard InChI is InChI=1S/C18H30N2O4S/c1-5-6-7-12-20-25(22,23)17-10-8-16(9-11-17)24-15(4)18(21)19-13-14(2)3/h8-11,14-15,20H,5-7,12-13H2,1-4H3,(H,19,21)/t15-/m0/s1. The van der Waals surface area contributed by atoms with Crippen molar-refractivity contribution in [1.82, 2.24) is 10.0 Å². The second-order valence-electron chi connectivity index (χ2n) is 6.48. The molecule has 0 fully saturated rings. The summed E-state index contributed by atoms with van der Waals surface area (Å²) in [6.07, 6.45) is 2.20. The molecule has 0 aromatic heterocycles. The van der Waals surface area contributed by atoms with Crippen LogP contribution in [0, 0.1) is 5.92 Å². The molecule has 142 valence electrons. The largest absolute Gasteiger partial charge is 0.481 e. The lowest BCUT2D eigenvalue weighted by Gasteiger charge is -2.16. The number of carbonyl (C=O) groups excluding carboxylic acids is 1. The fourth-order valence-corrected chi connectivity index (χ4v) is 3.14. The van der Waals surface area contributed by atoms with Gasteiger partial charge in [-0.25, -0.2) is 13.1 Å². The Kier molecular flexibility index (Phi) is 8.92. The fraction of sp³-hybridized carbons (Fsp3) is 0.611. The number of benzene rings is 1. The monoisotopic (exact) mass is 370 g/mol. The highest BCUT2D eigenvalue weighted by molar-refractivity contribution is 7.89. The zero-order valence-electron chi connectivity index (χ0n) is 15.5. The Hall–Kier alpha value is -1.60. The number of hydrogen-bond acceptors (Lipinski definition) is 4. The van der Waals surface area contributed by atoms with E-state index in [4.69, 9.17) is 4.74 Å². The lowest BCUT2D eigenvalue weighted by molar-refractivity contribution is -0.127. The third-order valence-electron chi connectivity index (χ3n) is 3.57. The van der Waals surface area contributed by atoms with E-state index in [1.54, 1.807) is 19.1 Å². The van der Waals surface area contributed by atoms with Crippen molar-refractivity contribution in [3.8, 4) is 5.75 Å². The van der Waals surface area contributed by atoms with Gasteiger partial charge < -0.3 is 10.1 Å². The summed E-state index contributed by atoms with van der Waals surface area (Å²) in [5.74, 6) is 0.630. The second kappa shape index (κ2) is 10.4. The van der Waals surface area contributed by atoms with E-state index in [9.17, 15) is 13.2 Å². The van der Waals surface area contributed by atoms with E-state index in [2.05, 4.69) is 17.0 Å². The summed E-state index contributed by atoms with van der Waals surface area (Å²) in [5.41, 5.74) is 0. The van der Waals surface area contributed by atoms with Gasteiger partial charge in [0.2, 0.25) is 10.0 Å². The van der Waals surface area contributed by atoms with Crippen molar-refractivity contribution in [1.29, 1.82) is 0 Å². The first kappa shape index (κ1) is 21.4. The molecule has 0 unspecified atom stereocenters. The van der Waals surface area contributed by atoms with E-state index >= 15 is 0 Å². The number of hydrogen-bond donors (Lipinski definition) is 2. The van der Waals surface area contributed by atoms with Crippen LogP contribution in [0.5, 0.6) is 5.75 Å². The molecule has 7 heteroatoms. The number of amides is 1. The number of rotatable bonds is 11. The molecule has 0 saturated carbocycles. The van der Waals surface area contributed by atoms with Crippen LogP contribution >= 0.6 is 0 Å². The molecule has 1 atom stereocenters. The van der Waals surface area contributed by atoms with E-state index in [0.717, 1.165) is 19.3 Å². The van der Waals surface area contributed by atoms with E-state index < -0.39 is 16.1 Å². The summed E-state index contributed by atoms with van der Waals surface area (Å²) in [6.45, 7) is 8.78. The van der Waals surface area contributed by atoms with E-state index in [1.807, 2.05) is 13.8 Å². The summed E-state index contributed by atoms with van der Waals surface area (Å²) >= 11 is 0. The number of carbonyl (C=O) groups is 1. The van der Waals surface area contributed by atoms with E-state index in [0.29, 0.717) is 24.8 Å². The molecule has 0 radical (unpaired) electrons. The van der Waals surface area contributed by atoms with Crippen molar-refractivity contribution < 1.29 is 17.9 Å². The van der Waals surface area contributed by atoms with Gasteiger partial charge >= 0.3 is 0 Å². The van der Waals surface area contributed by atoms with Crippen molar-refractivity contribution in [2.24, 2.45) is 5.92 Å². The molecule has 0 aliphatic rings. The van der Waals surface area contributed by atoms with Crippen molar-refractivity contribution in [2.45, 2.75) is 58.0 Å². The third-order valence-corrected chi connectivity index (χ3v) is 5.05. The number of sulfonamides is 1. The summed E-state index contributed by atoms with van der Waals surface area (Å²) in [7, 11) is -3.51. The Morgan fingerprint density at radius 3 is 2.32 bits per heavy atom. The molecule has 0 spiro atoms. The lowest BCUT2D eigenvalue weighted by atomic mass is 10.2. The van der Waals surface area contributed by atoms with Crippen LogP contribution in [0.1, 0.15) is 47.0 Å². The molecule has 0 heterocycles. The van der Waals surface area contributed by atoms with Gasteiger partial charge in [-0.05, 0) is 43.5 Å². The number of nitrogens with one attached hydrogen (secondary N) is 2. The molecular weight excluding hydrogens is 340 g/mol. The molecule has 1 rings (SSSR count). The van der Waals surface area contributed by atoms with Crippen molar-refractivity contribution in [3.63, 3.8) is 0 Å². The van der Waals surface area contributed by atoms with Gasteiger partial charge in [-0.15, -0.1) is 0 Å². The Morgan fingerprint density at radius 1 is 1.12 bits per heavy atom. The molecular formula is C18H30N2O4S. The first-order chi connectivity index (χ1) is 11.8. The Labute approximate surface area is 151 Å². The zero-order valence-corrected chi connectivity index (χ0v) is 16.4. The zero-order chi connectivity index (χ0) is 18.9. The first-order valence-corrected chi connectivity index (χ1v) is 10.3. The average Bonchev–Trinajstić information content (AvgIpc) is 2.57. The normalized spacial score (nSPS) is 12.8. The molecule has 1 aromatic rings. The summed E-state index contributed by atoms with van der Waals surface area (Å²) in [5, 5.41) is 2.80. The van der Waals surface area contributed by atoms with Crippen molar-refractivity contribution >= 4 is 15.9 Å². The van der Waals surface area contributed by atoms with Crippen molar-refractivity contribution in [3.05, 3.63) is 24.3 Å². The van der Waals surface area contributed by atoms with Crippen LogP contribution in [0.3, 0.4) is 0 Å². The van der Waals surface area contributed by atoms with Gasteiger partial charge in [0.05, 0.1) is 4.90 Å². The predicted octanol–water partition coefficient (Wildman–Crippen LogP) is 2.69. The van der Waals surface area contributed by atoms with Crippen LogP contribution in [-0.2, 0) is 14.8 Å². The fourth-order valence-electron chi connectivity index (χ4n) is 2.07. The predicted molar refractivity (Wildman–Crippen MR) is 99.1 cm³/mol. The average molecular weight is 371 g/mol. The smallest absolute Gasteiger partial charge is 0.260 e. The summed E-state index contributed by atoms with van der Waals surface area (Å²) in [4.78, 5) is 12.1. The highest BCUT2D eigenvalue weighted by Gasteiger charge is 2.16. The molecule has 25 heavy (non-hydrogen) atoms. The first-order valence-electron chi connectivity index (χ1n) is 8.80. The topological polar surface area (TPSA) is 84.5 Å². The van der Waals surface area contributed by atoms with Crippen molar-refractivity contribution in [2.75, 3.05) is 13.1 Å². The van der Waals surface area contributed by atoms with Gasteiger partial charge in [0.25, 0.3) is 5.91 Å². The number of unbranched alkanes of at least 4 members (excludes halogenated alkanes) is 2. The minimum atomic E-state index is -3.51. The van der Waals surface area contributed by atoms with E-state index in [-0.39, 0.29) is 10.8 Å². The van der Waals surface area contributed by atoms with Crippen LogP contribution < -0.4 is 14.8 Å². The molecule has 2 N–H and O–H groups in total. The summed E-state index contributed by atoms with van der Waals surface area (Å²) in [6, 6.07) is 6.09. The van der Waals surface area contributed by atoms with Gasteiger partial charge in [-0.1, -0.05) is 33.6 Å². The maximum absolute atomic E-state index is 12.2. The molecule has 1 aromatic carbocycles. The minimum absolute atomic E-state index is 0.188. The van der Waals surface area contributed by atoms with Crippen LogP contribution in [0.2, 0.25) is 0 Å². The quantitative estimate of drug-likeness (QED) is 0.587. The Bertz CT molecular complexity index is 627. The maximum Gasteiger partial charge on any atom is 0.260 e. The van der Waals surface area contributed by atoms with Crippen LogP contribution in [-0.4, -0.2) is 33.5 Å². The Morgan fingerprint density at radius 2 is 1.76 bits per heavy atom. The van der Waals surface area contributed by atoms with Gasteiger partial charge in [0.15, 0.2) is 6.10 Å². The highest BCUT2D eigenvalue weighted by atomic mass is 32.2. The van der Waals surface area contributed by atoms with E-state index in [1.165, 1.54) is 12.1 Å². The molecule has 0 saturated heterocycles. The van der Waals surface area contributed by atoms with Crippen LogP contribution in [0.15, 0.2) is 29.2 Å². The van der Waals surface area contributed by atoms with Gasteiger partial charge in [-0.2, -0.15) is 0 Å². The van der Waals surface area contributed by atoms with Gasteiger partial charge in [0, 0.05) is 13.1 Å². The third kappa shape index (κ3) is 7.88. The van der Waals surface area contributed by atoms with Crippen LogP contribution in [0.25, 0.3) is 0 Å². The lowest BCUT2D eigenvalue weighted by Crippen LogP contribution is -2.38. The molecule has 6 nitrogen and oxygen atoms in total. The SMILES string of the molecule is CCCCCNS(=O)(=O)c1ccc(O[C@@H](C)C(=O)NCC(C)C)cc1. The second-order valence-corrected chi connectivity index (χ2v) is 8.24. The molecule has 0 bridgehead atoms. The molecule has 1 amide bonds. The van der Waals surface area contributed by atoms with Gasteiger partial charge in [0.1, 0.15) is 5.75 Å². The minimum Gasteiger partial charge on any atom is -0.481 e. The Balaban J connectivity index is 2.59. The maximum atomic E-state index is 12.2.